The SMILES string of the molecule is Cn1nc(-c2ccc(Cl)cc2)cc1NC(=O)COC(=O)Cc1ccc(F)cc1. The van der Waals surface area contributed by atoms with Crippen molar-refractivity contribution in [2.45, 2.75) is 6.42 Å². The van der Waals surface area contributed by atoms with Crippen LogP contribution in [0.4, 0.5) is 10.2 Å². The van der Waals surface area contributed by atoms with E-state index in [2.05, 4.69) is 10.4 Å². The van der Waals surface area contributed by atoms with Crippen molar-refractivity contribution < 1.29 is 18.7 Å². The smallest absolute Gasteiger partial charge is 0.310 e. The lowest BCUT2D eigenvalue weighted by Crippen LogP contribution is -2.22. The number of halogens is 2. The first-order valence-electron chi connectivity index (χ1n) is 8.40. The average Bonchev–Trinajstić information content (AvgIpc) is 3.03. The standard InChI is InChI=1S/C20H17ClFN3O3/c1-25-18(11-17(24-25)14-4-6-15(21)7-5-14)23-19(26)12-28-20(27)10-13-2-8-16(22)9-3-13/h2-9,11H,10,12H2,1H3,(H,23,26). The van der Waals surface area contributed by atoms with Gasteiger partial charge < -0.3 is 10.1 Å². The van der Waals surface area contributed by atoms with Crippen molar-refractivity contribution in [3.63, 3.8) is 0 Å². The van der Waals surface area contributed by atoms with E-state index in [1.807, 2.05) is 12.1 Å². The van der Waals surface area contributed by atoms with Gasteiger partial charge in [0.15, 0.2) is 6.61 Å². The maximum absolute atomic E-state index is 12.9. The van der Waals surface area contributed by atoms with Crippen LogP contribution in [0, 0.1) is 5.82 Å². The first-order chi connectivity index (χ1) is 13.4. The molecule has 28 heavy (non-hydrogen) atoms. The van der Waals surface area contributed by atoms with E-state index < -0.39 is 18.5 Å². The van der Waals surface area contributed by atoms with Crippen molar-refractivity contribution in [2.24, 2.45) is 7.05 Å². The zero-order chi connectivity index (χ0) is 20.1. The molecule has 0 spiro atoms. The Morgan fingerprint density at radius 2 is 1.82 bits per heavy atom. The maximum Gasteiger partial charge on any atom is 0.310 e. The van der Waals surface area contributed by atoms with E-state index in [1.54, 1.807) is 25.2 Å². The van der Waals surface area contributed by atoms with Crippen LogP contribution in [0.1, 0.15) is 5.56 Å². The number of anilines is 1. The predicted octanol–water partition coefficient (Wildman–Crippen LogP) is 3.60. The summed E-state index contributed by atoms with van der Waals surface area (Å²) in [6.45, 7) is -0.429. The Morgan fingerprint density at radius 3 is 2.50 bits per heavy atom. The van der Waals surface area contributed by atoms with E-state index in [0.717, 1.165) is 5.56 Å². The molecule has 0 aliphatic heterocycles. The summed E-state index contributed by atoms with van der Waals surface area (Å²) in [4.78, 5) is 23.9. The Hall–Kier alpha value is -3.19. The summed E-state index contributed by atoms with van der Waals surface area (Å²) in [6, 6.07) is 14.4. The van der Waals surface area contributed by atoms with Crippen LogP contribution < -0.4 is 5.32 Å². The van der Waals surface area contributed by atoms with Gasteiger partial charge in [-0.05, 0) is 29.8 Å². The molecule has 6 nitrogen and oxygen atoms in total. The predicted molar refractivity (Wildman–Crippen MR) is 103 cm³/mol. The third-order valence-electron chi connectivity index (χ3n) is 3.91. The van der Waals surface area contributed by atoms with Gasteiger partial charge in [-0.25, -0.2) is 4.39 Å². The highest BCUT2D eigenvalue weighted by molar-refractivity contribution is 6.30. The Balaban J connectivity index is 1.54. The van der Waals surface area contributed by atoms with Crippen LogP contribution in [0.25, 0.3) is 11.3 Å². The highest BCUT2D eigenvalue weighted by Crippen LogP contribution is 2.23. The van der Waals surface area contributed by atoms with Gasteiger partial charge in [-0.15, -0.1) is 0 Å². The summed E-state index contributed by atoms with van der Waals surface area (Å²) in [5, 5.41) is 7.61. The van der Waals surface area contributed by atoms with Gasteiger partial charge >= 0.3 is 5.97 Å². The molecule has 0 atom stereocenters. The summed E-state index contributed by atoms with van der Waals surface area (Å²) >= 11 is 5.88. The van der Waals surface area contributed by atoms with E-state index in [-0.39, 0.29) is 12.2 Å². The minimum absolute atomic E-state index is 0.0417. The number of esters is 1. The number of hydrogen-bond donors (Lipinski definition) is 1. The molecule has 0 aliphatic carbocycles. The monoisotopic (exact) mass is 401 g/mol. The van der Waals surface area contributed by atoms with Gasteiger partial charge in [0.05, 0.1) is 12.1 Å². The van der Waals surface area contributed by atoms with Crippen LogP contribution in [0.5, 0.6) is 0 Å². The topological polar surface area (TPSA) is 73.2 Å². The first kappa shape index (κ1) is 19.6. The fourth-order valence-corrected chi connectivity index (χ4v) is 2.62. The number of nitrogens with zero attached hydrogens (tertiary/aromatic N) is 2. The van der Waals surface area contributed by atoms with Crippen LogP contribution >= 0.6 is 11.6 Å². The number of ether oxygens (including phenoxy) is 1. The molecular formula is C20H17ClFN3O3. The van der Waals surface area contributed by atoms with E-state index >= 15 is 0 Å². The Morgan fingerprint density at radius 1 is 1.14 bits per heavy atom. The number of hydrogen-bond acceptors (Lipinski definition) is 4. The van der Waals surface area contributed by atoms with E-state index in [4.69, 9.17) is 16.3 Å². The highest BCUT2D eigenvalue weighted by atomic mass is 35.5. The lowest BCUT2D eigenvalue weighted by molar-refractivity contribution is -0.146. The molecule has 0 saturated heterocycles. The van der Waals surface area contributed by atoms with E-state index in [0.29, 0.717) is 22.1 Å². The molecule has 1 heterocycles. The maximum atomic E-state index is 12.9. The molecule has 8 heteroatoms. The number of amides is 1. The zero-order valence-electron chi connectivity index (χ0n) is 15.0. The fraction of sp³-hybridized carbons (Fsp3) is 0.150. The molecule has 1 amide bonds. The summed E-state index contributed by atoms with van der Waals surface area (Å²) < 4.78 is 19.3. The summed E-state index contributed by atoms with van der Waals surface area (Å²) in [6.07, 6.45) is -0.0417. The molecule has 144 valence electrons. The largest absolute Gasteiger partial charge is 0.455 e. The van der Waals surface area contributed by atoms with Crippen LogP contribution in [0.15, 0.2) is 54.6 Å². The van der Waals surface area contributed by atoms with Gasteiger partial charge in [0.1, 0.15) is 11.6 Å². The molecule has 1 N–H and O–H groups in total. The van der Waals surface area contributed by atoms with Crippen LogP contribution in [-0.4, -0.2) is 28.3 Å². The van der Waals surface area contributed by atoms with Crippen molar-refractivity contribution in [3.8, 4) is 11.3 Å². The molecule has 0 aliphatic rings. The summed E-state index contributed by atoms with van der Waals surface area (Å²) in [5.74, 6) is -0.984. The Bertz CT molecular complexity index is 985. The van der Waals surface area contributed by atoms with Gasteiger partial charge in [0.25, 0.3) is 5.91 Å². The fourth-order valence-electron chi connectivity index (χ4n) is 2.49. The molecule has 0 bridgehead atoms. The van der Waals surface area contributed by atoms with Gasteiger partial charge in [-0.3, -0.25) is 14.3 Å². The number of carbonyl (C=O) groups is 2. The van der Waals surface area contributed by atoms with E-state index in [9.17, 15) is 14.0 Å². The van der Waals surface area contributed by atoms with Crippen molar-refractivity contribution in [1.29, 1.82) is 0 Å². The summed E-state index contributed by atoms with van der Waals surface area (Å²) in [7, 11) is 1.69. The van der Waals surface area contributed by atoms with Crippen LogP contribution in [0.2, 0.25) is 5.02 Å². The van der Waals surface area contributed by atoms with Gasteiger partial charge in [-0.2, -0.15) is 5.10 Å². The minimum Gasteiger partial charge on any atom is -0.455 e. The second-order valence-corrected chi connectivity index (χ2v) is 6.49. The highest BCUT2D eigenvalue weighted by Gasteiger charge is 2.13. The number of aryl methyl sites for hydroxylation is 1. The van der Waals surface area contributed by atoms with Gasteiger partial charge in [0, 0.05) is 23.7 Å². The van der Waals surface area contributed by atoms with Gasteiger partial charge in [0.2, 0.25) is 0 Å². The molecule has 1 aromatic heterocycles. The van der Waals surface area contributed by atoms with Crippen molar-refractivity contribution >= 4 is 29.3 Å². The van der Waals surface area contributed by atoms with Crippen molar-refractivity contribution in [2.75, 3.05) is 11.9 Å². The number of benzene rings is 2. The van der Waals surface area contributed by atoms with Gasteiger partial charge in [-0.1, -0.05) is 35.9 Å². The molecule has 0 unspecified atom stereocenters. The number of carbonyl (C=O) groups excluding carboxylic acids is 2. The molecule has 3 rings (SSSR count). The molecular weight excluding hydrogens is 385 g/mol. The second-order valence-electron chi connectivity index (χ2n) is 6.06. The van der Waals surface area contributed by atoms with E-state index in [1.165, 1.54) is 28.9 Å². The molecule has 0 saturated carbocycles. The second kappa shape index (κ2) is 8.67. The quantitative estimate of drug-likeness (QED) is 0.640. The van der Waals surface area contributed by atoms with Crippen molar-refractivity contribution in [1.82, 2.24) is 9.78 Å². The zero-order valence-corrected chi connectivity index (χ0v) is 15.7. The third kappa shape index (κ3) is 5.17. The average molecular weight is 402 g/mol. The number of aromatic nitrogens is 2. The molecule has 2 aromatic carbocycles. The number of nitrogens with one attached hydrogen (secondary N) is 1. The summed E-state index contributed by atoms with van der Waals surface area (Å²) in [5.41, 5.74) is 2.13. The third-order valence-corrected chi connectivity index (χ3v) is 4.17. The molecule has 3 aromatic rings. The first-order valence-corrected chi connectivity index (χ1v) is 8.78. The van der Waals surface area contributed by atoms with Crippen molar-refractivity contribution in [3.05, 3.63) is 71.0 Å². The van der Waals surface area contributed by atoms with Crippen LogP contribution in [0.3, 0.4) is 0 Å². The lowest BCUT2D eigenvalue weighted by atomic mass is 10.1. The molecule has 0 fully saturated rings. The lowest BCUT2D eigenvalue weighted by Gasteiger charge is -2.06. The Labute approximate surface area is 165 Å². The normalized spacial score (nSPS) is 10.5. The Kier molecular flexibility index (Phi) is 6.06. The van der Waals surface area contributed by atoms with Crippen LogP contribution in [-0.2, 0) is 27.8 Å². The number of rotatable bonds is 6. The molecule has 0 radical (unpaired) electrons. The minimum atomic E-state index is -0.575.